The Balaban J connectivity index is 2.25. The SMILES string of the molecule is CC(C)c1c2c(cc3c1CCO3)CCC2. The van der Waals surface area contributed by atoms with Crippen LogP contribution >= 0.6 is 0 Å². The van der Waals surface area contributed by atoms with E-state index in [0.717, 1.165) is 13.0 Å². The van der Waals surface area contributed by atoms with Crippen molar-refractivity contribution in [3.63, 3.8) is 0 Å². The fraction of sp³-hybridized carbons (Fsp3) is 0.571. The summed E-state index contributed by atoms with van der Waals surface area (Å²) in [7, 11) is 0. The van der Waals surface area contributed by atoms with E-state index < -0.39 is 0 Å². The Morgan fingerprint density at radius 1 is 1.13 bits per heavy atom. The maximum Gasteiger partial charge on any atom is 0.123 e. The van der Waals surface area contributed by atoms with Crippen molar-refractivity contribution in [2.75, 3.05) is 6.61 Å². The summed E-state index contributed by atoms with van der Waals surface area (Å²) in [4.78, 5) is 0. The van der Waals surface area contributed by atoms with Crippen LogP contribution in [0.25, 0.3) is 0 Å². The zero-order valence-corrected chi connectivity index (χ0v) is 9.60. The number of hydrogen-bond donors (Lipinski definition) is 0. The lowest BCUT2D eigenvalue weighted by atomic mass is 9.88. The van der Waals surface area contributed by atoms with Crippen LogP contribution in [-0.2, 0) is 19.3 Å². The van der Waals surface area contributed by atoms with Gasteiger partial charge in [0.2, 0.25) is 0 Å². The van der Waals surface area contributed by atoms with Gasteiger partial charge in [0.05, 0.1) is 6.61 Å². The fourth-order valence-electron chi connectivity index (χ4n) is 3.14. The molecule has 0 aromatic heterocycles. The number of rotatable bonds is 1. The van der Waals surface area contributed by atoms with Crippen molar-refractivity contribution >= 4 is 0 Å². The Labute approximate surface area is 91.5 Å². The summed E-state index contributed by atoms with van der Waals surface area (Å²) in [6, 6.07) is 2.30. The molecule has 1 aliphatic heterocycles. The van der Waals surface area contributed by atoms with Gasteiger partial charge in [-0.1, -0.05) is 13.8 Å². The minimum absolute atomic E-state index is 0.647. The highest BCUT2D eigenvalue weighted by Crippen LogP contribution is 2.40. The van der Waals surface area contributed by atoms with Crippen molar-refractivity contribution in [3.8, 4) is 5.75 Å². The molecule has 1 heteroatoms. The van der Waals surface area contributed by atoms with Crippen molar-refractivity contribution in [3.05, 3.63) is 28.3 Å². The molecule has 0 radical (unpaired) electrons. The van der Waals surface area contributed by atoms with E-state index in [0.29, 0.717) is 5.92 Å². The second-order valence-electron chi connectivity index (χ2n) is 5.01. The van der Waals surface area contributed by atoms with E-state index in [9.17, 15) is 0 Å². The molecule has 1 aromatic rings. The van der Waals surface area contributed by atoms with Crippen LogP contribution in [-0.4, -0.2) is 6.61 Å². The molecule has 2 aliphatic rings. The molecule has 1 heterocycles. The molecule has 0 saturated heterocycles. The Hall–Kier alpha value is -0.980. The third kappa shape index (κ3) is 1.29. The van der Waals surface area contributed by atoms with Gasteiger partial charge in [0.15, 0.2) is 0 Å². The minimum atomic E-state index is 0.647. The number of aryl methyl sites for hydroxylation is 1. The van der Waals surface area contributed by atoms with E-state index in [1.807, 2.05) is 0 Å². The van der Waals surface area contributed by atoms with E-state index in [-0.39, 0.29) is 0 Å². The summed E-state index contributed by atoms with van der Waals surface area (Å²) < 4.78 is 5.71. The smallest absolute Gasteiger partial charge is 0.123 e. The number of benzene rings is 1. The molecule has 0 bridgehead atoms. The summed E-state index contributed by atoms with van der Waals surface area (Å²) in [5, 5.41) is 0. The molecule has 0 spiro atoms. The number of hydrogen-bond acceptors (Lipinski definition) is 1. The fourth-order valence-corrected chi connectivity index (χ4v) is 3.14. The minimum Gasteiger partial charge on any atom is -0.493 e. The molecule has 3 rings (SSSR count). The van der Waals surface area contributed by atoms with E-state index >= 15 is 0 Å². The highest BCUT2D eigenvalue weighted by molar-refractivity contribution is 5.54. The summed E-state index contributed by atoms with van der Waals surface area (Å²) in [5.74, 6) is 1.83. The van der Waals surface area contributed by atoms with Crippen LogP contribution in [0.5, 0.6) is 5.75 Å². The van der Waals surface area contributed by atoms with E-state index in [1.54, 1.807) is 16.7 Å². The third-order valence-corrected chi connectivity index (χ3v) is 3.70. The van der Waals surface area contributed by atoms with Crippen molar-refractivity contribution < 1.29 is 4.74 Å². The molecule has 0 atom stereocenters. The summed E-state index contributed by atoms with van der Waals surface area (Å²) in [5.41, 5.74) is 6.32. The van der Waals surface area contributed by atoms with Crippen LogP contribution in [0.15, 0.2) is 6.07 Å². The molecule has 0 fully saturated rings. The molecule has 0 unspecified atom stereocenters. The molecular formula is C14H18O. The highest BCUT2D eigenvalue weighted by Gasteiger charge is 2.25. The first-order valence-corrected chi connectivity index (χ1v) is 6.07. The van der Waals surface area contributed by atoms with Crippen molar-refractivity contribution in [2.45, 2.75) is 45.4 Å². The molecule has 1 aliphatic carbocycles. The predicted octanol–water partition coefficient (Wildman–Crippen LogP) is 3.23. The monoisotopic (exact) mass is 202 g/mol. The van der Waals surface area contributed by atoms with Gasteiger partial charge in [0.25, 0.3) is 0 Å². The van der Waals surface area contributed by atoms with Gasteiger partial charge >= 0.3 is 0 Å². The molecule has 0 amide bonds. The van der Waals surface area contributed by atoms with Crippen LogP contribution in [0.2, 0.25) is 0 Å². The molecule has 1 nitrogen and oxygen atoms in total. The molecule has 15 heavy (non-hydrogen) atoms. The van der Waals surface area contributed by atoms with Gasteiger partial charge < -0.3 is 4.74 Å². The zero-order valence-electron chi connectivity index (χ0n) is 9.60. The Morgan fingerprint density at radius 3 is 2.80 bits per heavy atom. The zero-order chi connectivity index (χ0) is 10.4. The average molecular weight is 202 g/mol. The molecule has 1 aromatic carbocycles. The lowest BCUT2D eigenvalue weighted by Gasteiger charge is -2.16. The van der Waals surface area contributed by atoms with Crippen molar-refractivity contribution in [1.29, 1.82) is 0 Å². The maximum absolute atomic E-state index is 5.71. The normalized spacial score (nSPS) is 17.8. The Morgan fingerprint density at radius 2 is 2.00 bits per heavy atom. The Kier molecular flexibility index (Phi) is 2.01. The molecule has 80 valence electrons. The quantitative estimate of drug-likeness (QED) is 0.679. The predicted molar refractivity (Wildman–Crippen MR) is 61.8 cm³/mol. The summed E-state index contributed by atoms with van der Waals surface area (Å²) in [6.45, 7) is 5.51. The van der Waals surface area contributed by atoms with Gasteiger partial charge in [0.1, 0.15) is 5.75 Å². The molecular weight excluding hydrogens is 184 g/mol. The van der Waals surface area contributed by atoms with Gasteiger partial charge in [-0.05, 0) is 47.9 Å². The first-order valence-electron chi connectivity index (χ1n) is 6.07. The highest BCUT2D eigenvalue weighted by atomic mass is 16.5. The third-order valence-electron chi connectivity index (χ3n) is 3.70. The molecule has 0 N–H and O–H groups in total. The van der Waals surface area contributed by atoms with Crippen LogP contribution in [0, 0.1) is 0 Å². The maximum atomic E-state index is 5.71. The lowest BCUT2D eigenvalue weighted by molar-refractivity contribution is 0.356. The van der Waals surface area contributed by atoms with Crippen LogP contribution in [0.4, 0.5) is 0 Å². The topological polar surface area (TPSA) is 9.23 Å². The van der Waals surface area contributed by atoms with Crippen molar-refractivity contribution in [1.82, 2.24) is 0 Å². The summed E-state index contributed by atoms with van der Waals surface area (Å²) >= 11 is 0. The number of ether oxygens (including phenoxy) is 1. The van der Waals surface area contributed by atoms with Gasteiger partial charge in [-0.15, -0.1) is 0 Å². The van der Waals surface area contributed by atoms with Crippen LogP contribution in [0.3, 0.4) is 0 Å². The second-order valence-corrected chi connectivity index (χ2v) is 5.01. The van der Waals surface area contributed by atoms with Gasteiger partial charge in [-0.2, -0.15) is 0 Å². The summed E-state index contributed by atoms with van der Waals surface area (Å²) in [6.07, 6.45) is 5.00. The van der Waals surface area contributed by atoms with Gasteiger partial charge in [0, 0.05) is 12.0 Å². The van der Waals surface area contributed by atoms with E-state index in [4.69, 9.17) is 4.74 Å². The Bertz CT molecular complexity index is 372. The van der Waals surface area contributed by atoms with Crippen molar-refractivity contribution in [2.24, 2.45) is 0 Å². The second kappa shape index (κ2) is 3.26. The van der Waals surface area contributed by atoms with Crippen LogP contribution in [0.1, 0.15) is 48.4 Å². The van der Waals surface area contributed by atoms with Gasteiger partial charge in [-0.25, -0.2) is 0 Å². The van der Waals surface area contributed by atoms with E-state index in [1.165, 1.54) is 30.6 Å². The standard InChI is InChI=1S/C14H18O/c1-9(2)14-11-5-3-4-10(11)8-13-12(14)6-7-15-13/h8-9H,3-7H2,1-2H3. The van der Waals surface area contributed by atoms with Crippen LogP contribution < -0.4 is 4.74 Å². The molecule has 0 saturated carbocycles. The largest absolute Gasteiger partial charge is 0.493 e. The average Bonchev–Trinajstić information content (AvgIpc) is 2.79. The van der Waals surface area contributed by atoms with Gasteiger partial charge in [-0.3, -0.25) is 0 Å². The first kappa shape index (κ1) is 9.26. The number of fused-ring (bicyclic) bond motifs is 2. The first-order chi connectivity index (χ1) is 7.27. The lowest BCUT2D eigenvalue weighted by Crippen LogP contribution is -2.00. The van der Waals surface area contributed by atoms with E-state index in [2.05, 4.69) is 19.9 Å².